The molecule has 0 unspecified atom stereocenters. The predicted molar refractivity (Wildman–Crippen MR) is 106 cm³/mol. The molecule has 0 aromatic heterocycles. The lowest BCUT2D eigenvalue weighted by Crippen LogP contribution is -2.22. The van der Waals surface area contributed by atoms with Crippen LogP contribution in [0.1, 0.15) is 48.4 Å². The zero-order valence-corrected chi connectivity index (χ0v) is 15.9. The molecule has 5 nitrogen and oxygen atoms in total. The fourth-order valence-corrected chi connectivity index (χ4v) is 3.40. The van der Waals surface area contributed by atoms with E-state index in [9.17, 15) is 4.79 Å². The fourth-order valence-electron chi connectivity index (χ4n) is 3.40. The first-order valence-corrected chi connectivity index (χ1v) is 9.37. The number of amides is 1. The van der Waals surface area contributed by atoms with Crippen molar-refractivity contribution < 1.29 is 14.3 Å². The Morgan fingerprint density at radius 1 is 1.22 bits per heavy atom. The fraction of sp³-hybridized carbons (Fsp3) is 0.364. The van der Waals surface area contributed by atoms with Crippen LogP contribution in [0, 0.1) is 0 Å². The van der Waals surface area contributed by atoms with Gasteiger partial charge in [-0.05, 0) is 42.2 Å². The number of hydrogen-bond donors (Lipinski definition) is 1. The molecule has 142 valence electrons. The third kappa shape index (κ3) is 4.67. The normalized spacial score (nSPS) is 15.6. The Kier molecular flexibility index (Phi) is 6.12. The Morgan fingerprint density at radius 3 is 2.67 bits per heavy atom. The lowest BCUT2D eigenvalue weighted by Gasteiger charge is -2.24. The van der Waals surface area contributed by atoms with Gasteiger partial charge >= 0.3 is 6.09 Å². The van der Waals surface area contributed by atoms with Crippen LogP contribution in [0.2, 0.25) is 0 Å². The number of fused-ring (bicyclic) bond motifs is 1. The molecule has 3 rings (SSSR count). The Balaban J connectivity index is 1.90. The minimum absolute atomic E-state index is 0.176. The van der Waals surface area contributed by atoms with Gasteiger partial charge in [-0.15, -0.1) is 0 Å². The topological polar surface area (TPSA) is 73.9 Å². The molecule has 5 heteroatoms. The van der Waals surface area contributed by atoms with Gasteiger partial charge in [-0.25, -0.2) is 4.79 Å². The van der Waals surface area contributed by atoms with Gasteiger partial charge in [0.2, 0.25) is 0 Å². The van der Waals surface area contributed by atoms with Crippen LogP contribution in [0.5, 0.6) is 5.75 Å². The van der Waals surface area contributed by atoms with E-state index in [2.05, 4.69) is 19.1 Å². The molecule has 0 aliphatic carbocycles. The first kappa shape index (κ1) is 19.0. The molecule has 0 radical (unpaired) electrons. The number of benzene rings is 2. The molecule has 2 aromatic rings. The molecule has 0 fully saturated rings. The number of nitrogens with two attached hydrogens (primary N) is 1. The number of ether oxygens (including phenoxy) is 2. The average molecular weight is 366 g/mol. The largest absolute Gasteiger partial charge is 0.497 e. The monoisotopic (exact) mass is 366 g/mol. The second-order valence-corrected chi connectivity index (χ2v) is 6.81. The summed E-state index contributed by atoms with van der Waals surface area (Å²) in [5.74, 6) is 0.878. The van der Waals surface area contributed by atoms with Crippen molar-refractivity contribution in [3.63, 3.8) is 0 Å². The molecular formula is C22H26N2O3. The van der Waals surface area contributed by atoms with Crippen LogP contribution in [0.4, 0.5) is 4.79 Å². The van der Waals surface area contributed by atoms with Gasteiger partial charge in [0, 0.05) is 11.1 Å². The summed E-state index contributed by atoms with van der Waals surface area (Å²) < 4.78 is 10.3. The van der Waals surface area contributed by atoms with Crippen LogP contribution in [0.3, 0.4) is 0 Å². The van der Waals surface area contributed by atoms with E-state index in [-0.39, 0.29) is 12.6 Å². The summed E-state index contributed by atoms with van der Waals surface area (Å²) >= 11 is 0. The van der Waals surface area contributed by atoms with Crippen LogP contribution in [-0.4, -0.2) is 25.0 Å². The van der Waals surface area contributed by atoms with Crippen molar-refractivity contribution in [2.45, 2.75) is 45.3 Å². The lowest BCUT2D eigenvalue weighted by atomic mass is 9.88. The highest BCUT2D eigenvalue weighted by Crippen LogP contribution is 2.29. The smallest absolute Gasteiger partial charge is 0.404 e. The molecule has 1 aliphatic rings. The van der Waals surface area contributed by atoms with Crippen LogP contribution in [0.15, 0.2) is 47.5 Å². The summed E-state index contributed by atoms with van der Waals surface area (Å²) in [6.45, 7) is 2.38. The second kappa shape index (κ2) is 8.71. The second-order valence-electron chi connectivity index (χ2n) is 6.81. The van der Waals surface area contributed by atoms with Gasteiger partial charge in [0.1, 0.15) is 12.4 Å². The van der Waals surface area contributed by atoms with E-state index in [1.54, 1.807) is 7.11 Å². The Bertz CT molecular complexity index is 828. The van der Waals surface area contributed by atoms with E-state index in [4.69, 9.17) is 20.2 Å². The van der Waals surface area contributed by atoms with E-state index in [0.717, 1.165) is 41.0 Å². The highest BCUT2D eigenvalue weighted by molar-refractivity contribution is 6.14. The number of primary amides is 1. The molecule has 2 N–H and O–H groups in total. The van der Waals surface area contributed by atoms with Crippen LogP contribution in [0.25, 0.3) is 0 Å². The highest BCUT2D eigenvalue weighted by atomic mass is 16.5. The maximum atomic E-state index is 10.8. The first-order chi connectivity index (χ1) is 13.1. The van der Waals surface area contributed by atoms with Gasteiger partial charge in [0.25, 0.3) is 0 Å². The molecule has 2 aromatic carbocycles. The third-order valence-corrected chi connectivity index (χ3v) is 4.83. The Labute approximate surface area is 160 Å². The summed E-state index contributed by atoms with van der Waals surface area (Å²) in [7, 11) is 1.70. The van der Waals surface area contributed by atoms with Gasteiger partial charge < -0.3 is 15.2 Å². The van der Waals surface area contributed by atoms with Gasteiger partial charge in [-0.3, -0.25) is 4.99 Å². The average Bonchev–Trinajstić information content (AvgIpc) is 2.70. The molecule has 1 aliphatic heterocycles. The van der Waals surface area contributed by atoms with Crippen molar-refractivity contribution in [3.05, 3.63) is 64.7 Å². The quantitative estimate of drug-likeness (QED) is 0.796. The summed E-state index contributed by atoms with van der Waals surface area (Å²) in [4.78, 5) is 15.8. The highest BCUT2D eigenvalue weighted by Gasteiger charge is 2.22. The van der Waals surface area contributed by atoms with Gasteiger partial charge in [-0.1, -0.05) is 44.0 Å². The molecular weight excluding hydrogens is 340 g/mol. The summed E-state index contributed by atoms with van der Waals surface area (Å²) in [6.07, 6.45) is 3.60. The third-order valence-electron chi connectivity index (χ3n) is 4.83. The van der Waals surface area contributed by atoms with Crippen molar-refractivity contribution in [2.24, 2.45) is 10.7 Å². The molecule has 0 saturated heterocycles. The zero-order chi connectivity index (χ0) is 19.2. The lowest BCUT2D eigenvalue weighted by molar-refractivity contribution is 0.150. The first-order valence-electron chi connectivity index (χ1n) is 9.37. The Morgan fingerprint density at radius 2 is 2.00 bits per heavy atom. The van der Waals surface area contributed by atoms with Gasteiger partial charge in [0.15, 0.2) is 0 Å². The van der Waals surface area contributed by atoms with E-state index in [1.807, 2.05) is 30.3 Å². The van der Waals surface area contributed by atoms with Gasteiger partial charge in [0.05, 0.1) is 18.9 Å². The molecule has 1 heterocycles. The number of nitrogens with zero attached hydrogens (tertiary/aromatic N) is 1. The molecule has 27 heavy (non-hydrogen) atoms. The molecule has 0 bridgehead atoms. The van der Waals surface area contributed by atoms with Crippen LogP contribution < -0.4 is 10.5 Å². The van der Waals surface area contributed by atoms with E-state index in [1.165, 1.54) is 18.4 Å². The van der Waals surface area contributed by atoms with E-state index in [0.29, 0.717) is 0 Å². The van der Waals surface area contributed by atoms with Crippen LogP contribution in [-0.2, 0) is 17.8 Å². The van der Waals surface area contributed by atoms with Crippen molar-refractivity contribution in [3.8, 4) is 5.75 Å². The van der Waals surface area contributed by atoms with Crippen molar-refractivity contribution in [2.75, 3.05) is 7.11 Å². The van der Waals surface area contributed by atoms with Crippen molar-refractivity contribution >= 4 is 11.8 Å². The number of aliphatic imine (C=N–C) groups is 1. The number of rotatable bonds is 7. The summed E-state index contributed by atoms with van der Waals surface area (Å²) in [5.41, 5.74) is 10.4. The molecule has 1 atom stereocenters. The number of methoxy groups -OCH3 is 1. The maximum absolute atomic E-state index is 10.8. The van der Waals surface area contributed by atoms with E-state index >= 15 is 0 Å². The van der Waals surface area contributed by atoms with Crippen molar-refractivity contribution in [1.82, 2.24) is 0 Å². The SMILES string of the molecule is CCCC[C@H]1Cc2cc(OC)ccc2C(c2ccc(COC(N)=O)cc2)=N1. The van der Waals surface area contributed by atoms with E-state index < -0.39 is 6.09 Å². The maximum Gasteiger partial charge on any atom is 0.404 e. The number of unbranched alkanes of at least 4 members (excludes halogenated alkanes) is 1. The minimum Gasteiger partial charge on any atom is -0.497 e. The standard InChI is InChI=1S/C22H26N2O3/c1-3-4-5-18-12-17-13-19(26-2)10-11-20(17)21(24-18)16-8-6-15(7-9-16)14-27-22(23)25/h6-11,13,18H,3-5,12,14H2,1-2H3,(H2,23,25)/t18-/m0/s1. The predicted octanol–water partition coefficient (Wildman–Crippen LogP) is 4.24. The number of carbonyl (C=O) groups excluding carboxylic acids is 1. The zero-order valence-electron chi connectivity index (χ0n) is 15.9. The number of carbonyl (C=O) groups is 1. The van der Waals surface area contributed by atoms with Crippen molar-refractivity contribution in [1.29, 1.82) is 0 Å². The Hall–Kier alpha value is -2.82. The van der Waals surface area contributed by atoms with Crippen LogP contribution >= 0.6 is 0 Å². The van der Waals surface area contributed by atoms with Gasteiger partial charge in [-0.2, -0.15) is 0 Å². The molecule has 1 amide bonds. The molecule has 0 saturated carbocycles. The minimum atomic E-state index is -0.766. The summed E-state index contributed by atoms with van der Waals surface area (Å²) in [5, 5.41) is 0. The molecule has 0 spiro atoms. The number of hydrogen-bond acceptors (Lipinski definition) is 4. The summed E-state index contributed by atoms with van der Waals surface area (Å²) in [6, 6.07) is 14.4.